The Morgan fingerprint density at radius 3 is 2.35 bits per heavy atom. The molecule has 2 rings (SSSR count). The Labute approximate surface area is 138 Å². The molecule has 0 saturated heterocycles. The molecule has 1 N–H and O–H groups in total. The molecule has 5 heteroatoms. The van der Waals surface area contributed by atoms with E-state index >= 15 is 0 Å². The molecule has 0 heterocycles. The van der Waals surface area contributed by atoms with E-state index in [1.54, 1.807) is 23.9 Å². The second-order valence-corrected chi connectivity index (χ2v) is 7.28. The molecule has 0 aliphatic rings. The molecule has 0 amide bonds. The molecule has 0 saturated carbocycles. The predicted molar refractivity (Wildman–Crippen MR) is 88.7 cm³/mol. The van der Waals surface area contributed by atoms with Crippen LogP contribution in [-0.2, 0) is 6.42 Å². The molecule has 20 heavy (non-hydrogen) atoms. The molecule has 106 valence electrons. The van der Waals surface area contributed by atoms with E-state index in [2.05, 4.69) is 31.9 Å². The van der Waals surface area contributed by atoms with E-state index in [0.717, 1.165) is 9.37 Å². The van der Waals surface area contributed by atoms with Gasteiger partial charge in [-0.2, -0.15) is 0 Å². The molecule has 0 fully saturated rings. The topological polar surface area (TPSA) is 20.2 Å². The summed E-state index contributed by atoms with van der Waals surface area (Å²) < 4.78 is 15.4. The zero-order valence-electron chi connectivity index (χ0n) is 10.5. The van der Waals surface area contributed by atoms with Crippen LogP contribution in [0, 0.1) is 5.82 Å². The summed E-state index contributed by atoms with van der Waals surface area (Å²) in [6.07, 6.45) is -0.248. The maximum Gasteiger partial charge on any atom is 0.127 e. The Bertz CT molecular complexity index is 575. The summed E-state index contributed by atoms with van der Waals surface area (Å²) in [5, 5.41) is 10.0. The minimum absolute atomic E-state index is 0.285. The first-order chi connectivity index (χ1) is 9.54. The molecule has 0 aliphatic carbocycles. The largest absolute Gasteiger partial charge is 0.392 e. The maximum atomic E-state index is 13.7. The van der Waals surface area contributed by atoms with Gasteiger partial charge in [-0.15, -0.1) is 11.8 Å². The third kappa shape index (κ3) is 4.88. The molecule has 1 nitrogen and oxygen atoms in total. The van der Waals surface area contributed by atoms with Gasteiger partial charge < -0.3 is 5.11 Å². The van der Waals surface area contributed by atoms with Crippen LogP contribution in [0.4, 0.5) is 4.39 Å². The smallest absolute Gasteiger partial charge is 0.127 e. The first kappa shape index (κ1) is 16.0. The van der Waals surface area contributed by atoms with Crippen molar-refractivity contribution < 1.29 is 9.50 Å². The SMILES string of the molecule is OC(CSc1ccc(Br)cc1)Cc1ccc(Br)cc1F. The van der Waals surface area contributed by atoms with E-state index in [9.17, 15) is 9.50 Å². The highest BCUT2D eigenvalue weighted by Crippen LogP contribution is 2.23. The van der Waals surface area contributed by atoms with E-state index in [1.807, 2.05) is 24.3 Å². The second kappa shape index (κ2) is 7.59. The van der Waals surface area contributed by atoms with Crippen molar-refractivity contribution in [3.8, 4) is 0 Å². The number of benzene rings is 2. The van der Waals surface area contributed by atoms with Crippen molar-refractivity contribution >= 4 is 43.6 Å². The molecule has 0 bridgehead atoms. The average Bonchev–Trinajstić information content (AvgIpc) is 2.41. The Balaban J connectivity index is 1.89. The summed E-state index contributed by atoms with van der Waals surface area (Å²) in [5.41, 5.74) is 0.539. The monoisotopic (exact) mass is 418 g/mol. The Kier molecular flexibility index (Phi) is 6.08. The van der Waals surface area contributed by atoms with E-state index < -0.39 is 6.10 Å². The number of hydrogen-bond acceptors (Lipinski definition) is 2. The standard InChI is InChI=1S/C15H13Br2FOS/c16-11-3-5-14(6-4-11)20-9-13(19)7-10-1-2-12(17)8-15(10)18/h1-6,8,13,19H,7,9H2. The second-order valence-electron chi connectivity index (χ2n) is 4.36. The van der Waals surface area contributed by atoms with Crippen molar-refractivity contribution in [1.29, 1.82) is 0 Å². The van der Waals surface area contributed by atoms with Crippen molar-refractivity contribution in [2.75, 3.05) is 5.75 Å². The summed E-state index contributed by atoms with van der Waals surface area (Å²) in [7, 11) is 0. The van der Waals surface area contributed by atoms with Gasteiger partial charge in [-0.05, 0) is 42.0 Å². The van der Waals surface area contributed by atoms with Gasteiger partial charge in [0.25, 0.3) is 0 Å². The van der Waals surface area contributed by atoms with Crippen LogP contribution in [0.25, 0.3) is 0 Å². The third-order valence-electron chi connectivity index (χ3n) is 2.73. The quantitative estimate of drug-likeness (QED) is 0.684. The molecule has 0 aliphatic heterocycles. The molecule has 2 aromatic carbocycles. The van der Waals surface area contributed by atoms with Gasteiger partial charge in [0.05, 0.1) is 6.10 Å². The fourth-order valence-corrected chi connectivity index (χ4v) is 3.15. The highest BCUT2D eigenvalue weighted by Gasteiger charge is 2.10. The zero-order chi connectivity index (χ0) is 14.5. The Morgan fingerprint density at radius 2 is 1.70 bits per heavy atom. The minimum Gasteiger partial charge on any atom is -0.392 e. The molecule has 0 radical (unpaired) electrons. The summed E-state index contributed by atoms with van der Waals surface area (Å²) in [6, 6.07) is 12.8. The molecule has 1 atom stereocenters. The van der Waals surface area contributed by atoms with Gasteiger partial charge in [-0.1, -0.05) is 37.9 Å². The number of aliphatic hydroxyl groups is 1. The van der Waals surface area contributed by atoms with Crippen molar-refractivity contribution in [3.63, 3.8) is 0 Å². The molecule has 1 unspecified atom stereocenters. The van der Waals surface area contributed by atoms with Crippen LogP contribution in [0.2, 0.25) is 0 Å². The fraction of sp³-hybridized carbons (Fsp3) is 0.200. The van der Waals surface area contributed by atoms with Crippen molar-refractivity contribution in [2.45, 2.75) is 17.4 Å². The summed E-state index contributed by atoms with van der Waals surface area (Å²) in [5.74, 6) is 0.254. The number of rotatable bonds is 5. The number of hydrogen-bond donors (Lipinski definition) is 1. The first-order valence-electron chi connectivity index (χ1n) is 6.05. The lowest BCUT2D eigenvalue weighted by Crippen LogP contribution is -2.14. The van der Waals surface area contributed by atoms with Gasteiger partial charge in [0.2, 0.25) is 0 Å². The minimum atomic E-state index is -0.570. The lowest BCUT2D eigenvalue weighted by molar-refractivity contribution is 0.198. The number of thioether (sulfide) groups is 1. The highest BCUT2D eigenvalue weighted by atomic mass is 79.9. The number of aliphatic hydroxyl groups excluding tert-OH is 1. The van der Waals surface area contributed by atoms with Gasteiger partial charge in [-0.3, -0.25) is 0 Å². The van der Waals surface area contributed by atoms with Crippen LogP contribution in [-0.4, -0.2) is 17.0 Å². The van der Waals surface area contributed by atoms with Crippen LogP contribution >= 0.6 is 43.6 Å². The first-order valence-corrected chi connectivity index (χ1v) is 8.62. The van der Waals surface area contributed by atoms with Crippen LogP contribution in [0.1, 0.15) is 5.56 Å². The summed E-state index contributed by atoms with van der Waals surface area (Å²) >= 11 is 8.16. The van der Waals surface area contributed by atoms with Gasteiger partial charge in [0, 0.05) is 26.0 Å². The maximum absolute atomic E-state index is 13.7. The van der Waals surface area contributed by atoms with E-state index in [0.29, 0.717) is 22.2 Å². The van der Waals surface area contributed by atoms with E-state index in [4.69, 9.17) is 0 Å². The van der Waals surface area contributed by atoms with Gasteiger partial charge in [0.1, 0.15) is 5.82 Å². The Morgan fingerprint density at radius 1 is 1.05 bits per heavy atom. The predicted octanol–water partition coefficient (Wildman–Crippen LogP) is 5.05. The highest BCUT2D eigenvalue weighted by molar-refractivity contribution is 9.10. The van der Waals surface area contributed by atoms with Crippen LogP contribution in [0.3, 0.4) is 0 Å². The molecule has 0 aromatic heterocycles. The third-order valence-corrected chi connectivity index (χ3v) is 4.91. The zero-order valence-corrected chi connectivity index (χ0v) is 14.5. The Hall–Kier alpha value is -0.360. The average molecular weight is 420 g/mol. The van der Waals surface area contributed by atoms with Gasteiger partial charge in [-0.25, -0.2) is 4.39 Å². The van der Waals surface area contributed by atoms with E-state index in [-0.39, 0.29) is 5.82 Å². The molecule has 2 aromatic rings. The summed E-state index contributed by atoms with van der Waals surface area (Å²) in [4.78, 5) is 1.09. The van der Waals surface area contributed by atoms with Gasteiger partial charge >= 0.3 is 0 Å². The van der Waals surface area contributed by atoms with Gasteiger partial charge in [0.15, 0.2) is 0 Å². The molecular formula is C15H13Br2FOS. The summed E-state index contributed by atoms with van der Waals surface area (Å²) in [6.45, 7) is 0. The van der Waals surface area contributed by atoms with Crippen LogP contribution < -0.4 is 0 Å². The number of halogens is 3. The lowest BCUT2D eigenvalue weighted by atomic mass is 10.1. The normalized spacial score (nSPS) is 12.4. The van der Waals surface area contributed by atoms with E-state index in [1.165, 1.54) is 6.07 Å². The van der Waals surface area contributed by atoms with Crippen molar-refractivity contribution in [2.24, 2.45) is 0 Å². The fourth-order valence-electron chi connectivity index (χ4n) is 1.72. The molecule has 0 spiro atoms. The van der Waals surface area contributed by atoms with Crippen molar-refractivity contribution in [1.82, 2.24) is 0 Å². The van der Waals surface area contributed by atoms with Crippen molar-refractivity contribution in [3.05, 3.63) is 62.8 Å². The lowest BCUT2D eigenvalue weighted by Gasteiger charge is -2.11. The molecular weight excluding hydrogens is 407 g/mol. The van der Waals surface area contributed by atoms with Crippen LogP contribution in [0.15, 0.2) is 56.3 Å². The van der Waals surface area contributed by atoms with Crippen LogP contribution in [0.5, 0.6) is 0 Å².